The van der Waals surface area contributed by atoms with Gasteiger partial charge in [0.05, 0.1) is 0 Å². The van der Waals surface area contributed by atoms with Gasteiger partial charge in [-0.15, -0.1) is 0 Å². The second-order valence-corrected chi connectivity index (χ2v) is 2.65. The molecule has 1 radical (unpaired) electrons. The van der Waals surface area contributed by atoms with E-state index in [2.05, 4.69) is 22.5 Å². The first-order valence-corrected chi connectivity index (χ1v) is 3.26. The van der Waals surface area contributed by atoms with E-state index in [0.29, 0.717) is 5.57 Å². The molecule has 0 aliphatic heterocycles. The third-order valence-electron chi connectivity index (χ3n) is 1.02. The molecule has 0 spiro atoms. The first-order valence-electron chi connectivity index (χ1n) is 2.47. The van der Waals surface area contributed by atoms with E-state index in [9.17, 15) is 4.39 Å². The maximum atomic E-state index is 12.5. The van der Waals surface area contributed by atoms with E-state index in [1.807, 2.05) is 0 Å². The Balaban J connectivity index is 0. The summed E-state index contributed by atoms with van der Waals surface area (Å²) in [5, 5.41) is 0. The number of hydrogen-bond acceptors (Lipinski definition) is 0. The van der Waals surface area contributed by atoms with Crippen molar-refractivity contribution in [2.75, 3.05) is 0 Å². The van der Waals surface area contributed by atoms with Crippen LogP contribution in [0, 0.1) is 6.17 Å². The number of hydrogen-bond donors (Lipinski definition) is 0. The number of halogens is 3. The zero-order chi connectivity index (χ0) is 6.85. The van der Waals surface area contributed by atoms with Crippen LogP contribution in [0.15, 0.2) is 34.9 Å². The maximum Gasteiger partial charge on any atom is 0.196 e. The van der Waals surface area contributed by atoms with Crippen molar-refractivity contribution < 1.29 is 40.8 Å². The summed E-state index contributed by atoms with van der Waals surface area (Å²) in [6.07, 6.45) is 4.50. The third kappa shape index (κ3) is 4.34. The molecule has 0 nitrogen and oxygen atoms in total. The third-order valence-corrected chi connectivity index (χ3v) is 1.51. The van der Waals surface area contributed by atoms with Crippen molar-refractivity contribution in [2.24, 2.45) is 0 Å². The van der Waals surface area contributed by atoms with Crippen LogP contribution in [0.3, 0.4) is 0 Å². The van der Waals surface area contributed by atoms with E-state index in [-0.39, 0.29) is 42.6 Å². The fraction of sp³-hybridized carbons (Fsp3) is 0. The smallest absolute Gasteiger partial charge is 0.196 e. The van der Waals surface area contributed by atoms with Gasteiger partial charge in [-0.05, 0) is 17.7 Å². The SMILES string of the molecule is C=C1C=CC(Br)=C[C]1F.[Br-].[Zn]. The van der Waals surface area contributed by atoms with Crippen LogP contribution in [0.25, 0.3) is 0 Å². The molecule has 0 N–H and O–H groups in total. The van der Waals surface area contributed by atoms with Crippen LogP contribution < -0.4 is 17.0 Å². The van der Waals surface area contributed by atoms with Crippen LogP contribution in [0.1, 0.15) is 0 Å². The Bertz CT molecular complexity index is 199. The summed E-state index contributed by atoms with van der Waals surface area (Å²) < 4.78 is 13.2. The average molecular weight is 333 g/mol. The van der Waals surface area contributed by atoms with Gasteiger partial charge in [0, 0.05) is 24.0 Å². The van der Waals surface area contributed by atoms with Gasteiger partial charge in [0.15, 0.2) is 6.17 Å². The van der Waals surface area contributed by atoms with Crippen LogP contribution in [0.4, 0.5) is 4.39 Å². The summed E-state index contributed by atoms with van der Waals surface area (Å²) in [7, 11) is 0. The average Bonchev–Trinajstić information content (AvgIpc) is 1.80. The Hall–Kier alpha value is 0.733. The van der Waals surface area contributed by atoms with Crippen molar-refractivity contribution in [3.05, 3.63) is 41.0 Å². The first-order chi connectivity index (χ1) is 4.20. The largest absolute Gasteiger partial charge is 1.00 e. The fourth-order valence-corrected chi connectivity index (χ4v) is 0.855. The van der Waals surface area contributed by atoms with Gasteiger partial charge in [0.2, 0.25) is 0 Å². The fourth-order valence-electron chi connectivity index (χ4n) is 0.522. The Morgan fingerprint density at radius 2 is 1.91 bits per heavy atom. The molecule has 0 unspecified atom stereocenters. The van der Waals surface area contributed by atoms with E-state index in [1.165, 1.54) is 6.08 Å². The molecule has 0 saturated heterocycles. The quantitative estimate of drug-likeness (QED) is 0.543. The molecule has 11 heavy (non-hydrogen) atoms. The molecule has 57 valence electrons. The monoisotopic (exact) mass is 330 g/mol. The molecule has 0 aromatic rings. The predicted octanol–water partition coefficient (Wildman–Crippen LogP) is -0.106. The van der Waals surface area contributed by atoms with Gasteiger partial charge in [-0.2, -0.15) is 0 Å². The Morgan fingerprint density at radius 3 is 2.27 bits per heavy atom. The first kappa shape index (κ1) is 14.3. The van der Waals surface area contributed by atoms with Crippen molar-refractivity contribution in [1.82, 2.24) is 0 Å². The molecule has 4 heteroatoms. The van der Waals surface area contributed by atoms with E-state index >= 15 is 0 Å². The summed E-state index contributed by atoms with van der Waals surface area (Å²) in [6, 6.07) is 0. The van der Waals surface area contributed by atoms with Gasteiger partial charge in [-0.3, -0.25) is 0 Å². The minimum atomic E-state index is -0.274. The van der Waals surface area contributed by atoms with Crippen LogP contribution in [0.2, 0.25) is 0 Å². The second-order valence-electron chi connectivity index (χ2n) is 1.74. The van der Waals surface area contributed by atoms with Crippen LogP contribution >= 0.6 is 15.9 Å². The van der Waals surface area contributed by atoms with Gasteiger partial charge < -0.3 is 17.0 Å². The molecule has 0 heterocycles. The summed E-state index contributed by atoms with van der Waals surface area (Å²) in [4.78, 5) is 0. The summed E-state index contributed by atoms with van der Waals surface area (Å²) >= 11 is 3.13. The summed E-state index contributed by atoms with van der Waals surface area (Å²) in [5.41, 5.74) is 0.429. The van der Waals surface area contributed by atoms with Crippen LogP contribution in [-0.2, 0) is 19.5 Å². The Morgan fingerprint density at radius 1 is 1.36 bits per heavy atom. The zero-order valence-electron chi connectivity index (χ0n) is 5.78. The molecule has 1 aliphatic rings. The van der Waals surface area contributed by atoms with Crippen molar-refractivity contribution >= 4 is 15.9 Å². The molecule has 0 atom stereocenters. The van der Waals surface area contributed by atoms with E-state index in [1.54, 1.807) is 12.2 Å². The predicted molar refractivity (Wildman–Crippen MR) is 39.6 cm³/mol. The molecule has 0 saturated carbocycles. The molecule has 0 aromatic carbocycles. The maximum absolute atomic E-state index is 12.5. The summed E-state index contributed by atoms with van der Waals surface area (Å²) in [5.74, 6) is 0. The minimum absolute atomic E-state index is 0. The normalized spacial score (nSPS) is 16.5. The standard InChI is InChI=1S/C7H5BrF.BrH.Zn/c1-5-2-3-6(8)4-7(5)9;;/h2-4H,1H2;1H;/p-1. The molecule has 0 bridgehead atoms. The number of rotatable bonds is 0. The molecule has 0 aromatic heterocycles. The summed E-state index contributed by atoms with van der Waals surface area (Å²) in [6.45, 7) is 3.47. The van der Waals surface area contributed by atoms with E-state index in [4.69, 9.17) is 0 Å². The van der Waals surface area contributed by atoms with Crippen LogP contribution in [-0.4, -0.2) is 0 Å². The van der Waals surface area contributed by atoms with Crippen LogP contribution in [0.5, 0.6) is 0 Å². The molecule has 1 aliphatic carbocycles. The molecular formula is C7H5Br2FZn-. The molecule has 1 rings (SSSR count). The molecule has 0 fully saturated rings. The van der Waals surface area contributed by atoms with Gasteiger partial charge in [-0.25, -0.2) is 4.39 Å². The van der Waals surface area contributed by atoms with Crippen molar-refractivity contribution in [3.63, 3.8) is 0 Å². The Kier molecular flexibility index (Phi) is 8.13. The topological polar surface area (TPSA) is 0 Å². The zero-order valence-corrected chi connectivity index (χ0v) is 11.9. The second kappa shape index (κ2) is 6.27. The van der Waals surface area contributed by atoms with Crippen molar-refractivity contribution in [1.29, 1.82) is 0 Å². The van der Waals surface area contributed by atoms with Gasteiger partial charge in [-0.1, -0.05) is 28.6 Å². The van der Waals surface area contributed by atoms with Crippen molar-refractivity contribution in [3.8, 4) is 0 Å². The van der Waals surface area contributed by atoms with Gasteiger partial charge >= 0.3 is 0 Å². The van der Waals surface area contributed by atoms with E-state index in [0.717, 1.165) is 4.48 Å². The molecular weight excluding hydrogens is 328 g/mol. The van der Waals surface area contributed by atoms with Gasteiger partial charge in [0.1, 0.15) is 0 Å². The minimum Gasteiger partial charge on any atom is -1.00 e. The van der Waals surface area contributed by atoms with Gasteiger partial charge in [0.25, 0.3) is 0 Å². The molecule has 0 amide bonds. The van der Waals surface area contributed by atoms with Crippen molar-refractivity contribution in [2.45, 2.75) is 0 Å². The number of allylic oxidation sites excluding steroid dienone is 5. The van der Waals surface area contributed by atoms with E-state index < -0.39 is 0 Å². The Labute approximate surface area is 97.3 Å².